The van der Waals surface area contributed by atoms with Crippen LogP contribution in [0.2, 0.25) is 124 Å². The van der Waals surface area contributed by atoms with Gasteiger partial charge in [-0.15, -0.1) is 0 Å². The van der Waals surface area contributed by atoms with Crippen LogP contribution in [0.25, 0.3) is 0 Å². The standard InChI is InChI=1S/C26H70S2Si8/c1-29(2,3)35(30(4,5)6,31(7,8)9)26-21-19-20-23-27-24-22-25-28-36(32(10,11)12,33(13,14)15)34(16,17)18/h19-26H2,1-18H3. The molecule has 0 bridgehead atoms. The molecule has 0 rings (SSSR count). The smallest absolute Gasteiger partial charge is 0.0946 e. The van der Waals surface area contributed by atoms with Gasteiger partial charge in [-0.1, -0.05) is 137 Å². The first-order valence-electron chi connectivity index (χ1n) is 14.9. The van der Waals surface area contributed by atoms with Crippen molar-refractivity contribution in [1.82, 2.24) is 0 Å². The largest absolute Gasteiger partial charge is 0.194 e. The van der Waals surface area contributed by atoms with Crippen LogP contribution in [-0.2, 0) is 0 Å². The van der Waals surface area contributed by atoms with Crippen LogP contribution in [0.15, 0.2) is 0 Å². The van der Waals surface area contributed by atoms with E-state index in [0.717, 1.165) is 0 Å². The summed E-state index contributed by atoms with van der Waals surface area (Å²) in [6.07, 6.45) is 5.94. The molecule has 0 N–H and O–H groups in total. The number of hydrogen-bond donors (Lipinski definition) is 0. The first-order chi connectivity index (χ1) is 15.7. The summed E-state index contributed by atoms with van der Waals surface area (Å²) in [4.78, 5) is 0. The lowest BCUT2D eigenvalue weighted by Gasteiger charge is -2.58. The van der Waals surface area contributed by atoms with Crippen molar-refractivity contribution in [3.63, 3.8) is 0 Å². The van der Waals surface area contributed by atoms with E-state index in [1.54, 1.807) is 6.04 Å². The van der Waals surface area contributed by atoms with Gasteiger partial charge in [0, 0.05) is 52.2 Å². The third-order valence-corrected chi connectivity index (χ3v) is 174. The van der Waals surface area contributed by atoms with E-state index < -0.39 is 58.0 Å². The van der Waals surface area contributed by atoms with Crippen LogP contribution in [0, 0.1) is 0 Å². The molecule has 0 aromatic heterocycles. The summed E-state index contributed by atoms with van der Waals surface area (Å²) in [7, 11) is -6.64. The molecule has 0 aromatic carbocycles. The van der Waals surface area contributed by atoms with Gasteiger partial charge in [-0.2, -0.15) is 23.0 Å². The number of rotatable bonds is 17. The average Bonchev–Trinajstić information content (AvgIpc) is 2.55. The van der Waals surface area contributed by atoms with Crippen molar-refractivity contribution in [3.05, 3.63) is 0 Å². The quantitative estimate of drug-likeness (QED) is 0.112. The van der Waals surface area contributed by atoms with Crippen molar-refractivity contribution in [3.8, 4) is 0 Å². The minimum atomic E-state index is -1.21. The third-order valence-electron chi connectivity index (χ3n) is 9.10. The maximum absolute atomic E-state index is 2.76. The van der Waals surface area contributed by atoms with Crippen LogP contribution in [0.1, 0.15) is 25.7 Å². The van der Waals surface area contributed by atoms with Crippen molar-refractivity contribution in [1.29, 1.82) is 0 Å². The number of hydrogen-bond acceptors (Lipinski definition) is 2. The Morgan fingerprint density at radius 3 is 1.06 bits per heavy atom. The summed E-state index contributed by atoms with van der Waals surface area (Å²) < 4.78 is 0. The fourth-order valence-electron chi connectivity index (χ4n) is 9.78. The summed E-state index contributed by atoms with van der Waals surface area (Å²) in [6, 6.07) is 1.67. The van der Waals surface area contributed by atoms with E-state index in [-0.39, 0.29) is 0 Å². The monoisotopic (exact) mass is 670 g/mol. The van der Waals surface area contributed by atoms with Crippen molar-refractivity contribution < 1.29 is 0 Å². The second-order valence-electron chi connectivity index (χ2n) is 17.7. The van der Waals surface area contributed by atoms with Gasteiger partial charge in [0.25, 0.3) is 0 Å². The first kappa shape index (κ1) is 38.4. The maximum Gasteiger partial charge on any atom is 0.0946 e. The molecule has 36 heavy (non-hydrogen) atoms. The molecule has 0 aliphatic heterocycles. The third kappa shape index (κ3) is 8.97. The molecule has 0 heterocycles. The van der Waals surface area contributed by atoms with E-state index in [1.807, 2.05) is 0 Å². The van der Waals surface area contributed by atoms with Gasteiger partial charge >= 0.3 is 0 Å². The second kappa shape index (κ2) is 13.6. The van der Waals surface area contributed by atoms with Gasteiger partial charge in [0.2, 0.25) is 0 Å². The first-order valence-corrected chi connectivity index (χ1v) is 49.0. The van der Waals surface area contributed by atoms with Crippen LogP contribution >= 0.6 is 23.0 Å². The lowest BCUT2D eigenvalue weighted by Crippen LogP contribution is -2.82. The topological polar surface area (TPSA) is 0 Å². The summed E-state index contributed by atoms with van der Waals surface area (Å²) in [5, 5.41) is 0. The van der Waals surface area contributed by atoms with Crippen molar-refractivity contribution in [2.75, 3.05) is 17.3 Å². The summed E-state index contributed by atoms with van der Waals surface area (Å²) in [5.41, 5.74) is 0. The minimum absolute atomic E-state index is 1.09. The fraction of sp³-hybridized carbons (Fsp3) is 1.00. The fourth-order valence-corrected chi connectivity index (χ4v) is 219. The maximum atomic E-state index is 2.76. The Kier molecular flexibility index (Phi) is 14.5. The van der Waals surface area contributed by atoms with Gasteiger partial charge in [0.05, 0.1) is 5.78 Å². The molecule has 0 aliphatic carbocycles. The predicted octanol–water partition coefficient (Wildman–Crippen LogP) is 10.9. The number of unbranched alkanes of at least 4 members (excludes halogenated alkanes) is 2. The molecule has 0 atom stereocenters. The van der Waals surface area contributed by atoms with Gasteiger partial charge in [0.1, 0.15) is 0 Å². The zero-order chi connectivity index (χ0) is 29.1. The van der Waals surface area contributed by atoms with E-state index in [2.05, 4.69) is 141 Å². The zero-order valence-electron chi connectivity index (χ0n) is 28.5. The van der Waals surface area contributed by atoms with E-state index in [9.17, 15) is 0 Å². The molecule has 0 amide bonds. The highest BCUT2D eigenvalue weighted by Gasteiger charge is 2.62. The van der Waals surface area contributed by atoms with E-state index in [1.165, 1.54) is 42.9 Å². The molecule has 0 spiro atoms. The average molecular weight is 672 g/mol. The number of thioether (sulfide) groups is 1. The molecule has 0 aromatic rings. The van der Waals surface area contributed by atoms with Crippen LogP contribution in [0.4, 0.5) is 0 Å². The Morgan fingerprint density at radius 2 is 0.722 bits per heavy atom. The molecule has 0 unspecified atom stereocenters. The van der Waals surface area contributed by atoms with Gasteiger partial charge in [0.15, 0.2) is 0 Å². The highest BCUT2D eigenvalue weighted by Crippen LogP contribution is 2.45. The summed E-state index contributed by atoms with van der Waals surface area (Å²) in [5.74, 6) is 3.05. The van der Waals surface area contributed by atoms with Crippen LogP contribution in [0.3, 0.4) is 0 Å². The zero-order valence-corrected chi connectivity index (χ0v) is 38.1. The lowest BCUT2D eigenvalue weighted by atomic mass is 10.3. The molecule has 10 heteroatoms. The molecule has 0 radical (unpaired) electrons. The van der Waals surface area contributed by atoms with Crippen LogP contribution < -0.4 is 0 Å². The van der Waals surface area contributed by atoms with Crippen molar-refractivity contribution in [2.24, 2.45) is 0 Å². The Hall–Kier alpha value is 2.44. The predicted molar refractivity (Wildman–Crippen MR) is 205 cm³/mol. The minimum Gasteiger partial charge on any atom is -0.194 e. The Labute approximate surface area is 246 Å². The van der Waals surface area contributed by atoms with E-state index >= 15 is 0 Å². The van der Waals surface area contributed by atoms with Gasteiger partial charge in [-0.25, -0.2) is 0 Å². The van der Waals surface area contributed by atoms with E-state index in [4.69, 9.17) is 0 Å². The normalized spacial score (nSPS) is 15.5. The molecule has 0 aliphatic rings. The highest BCUT2D eigenvalue weighted by atomic mass is 32.4. The highest BCUT2D eigenvalue weighted by molar-refractivity contribution is 8.50. The Balaban J connectivity index is 4.80. The molecule has 0 fully saturated rings. The second-order valence-corrected chi connectivity index (χ2v) is 107. The van der Waals surface area contributed by atoms with Gasteiger partial charge in [-0.3, -0.25) is 0 Å². The van der Waals surface area contributed by atoms with Gasteiger partial charge < -0.3 is 0 Å². The molecule has 0 nitrogen and oxygen atoms in total. The Bertz CT molecular complexity index is 526. The summed E-state index contributed by atoms with van der Waals surface area (Å²) in [6.45, 7) is 48.3. The lowest BCUT2D eigenvalue weighted by molar-refractivity contribution is 0.773. The van der Waals surface area contributed by atoms with E-state index in [0.29, 0.717) is 0 Å². The Morgan fingerprint density at radius 1 is 0.361 bits per heavy atom. The van der Waals surface area contributed by atoms with Crippen molar-refractivity contribution >= 4 is 80.9 Å². The summed E-state index contributed by atoms with van der Waals surface area (Å²) >= 11 is 4.87. The molecule has 218 valence electrons. The SMILES string of the molecule is C[Si](C)(C)[Si](CCCCCSCCCS[Si]([Si](C)(C)C)([Si](C)(C)C)[Si](C)(C)C)([Si](C)(C)C)[Si](C)(C)C. The van der Waals surface area contributed by atoms with Crippen LogP contribution in [0.5, 0.6) is 0 Å². The molecule has 0 saturated heterocycles. The molecular weight excluding hydrogens is 601 g/mol. The van der Waals surface area contributed by atoms with Gasteiger partial charge in [-0.05, 0) is 30.1 Å². The van der Waals surface area contributed by atoms with Crippen LogP contribution in [-0.4, -0.2) is 75.2 Å². The molecule has 0 saturated carbocycles. The van der Waals surface area contributed by atoms with Crippen molar-refractivity contribution in [2.45, 2.75) is 150 Å². The molecular formula is C26H70S2Si8.